The number of fused-ring (bicyclic) bond motifs is 1. The third-order valence-electron chi connectivity index (χ3n) is 2.48. The number of methoxy groups -OCH3 is 1. The molecule has 0 aliphatic carbocycles. The lowest BCUT2D eigenvalue weighted by Crippen LogP contribution is -2.22. The summed E-state index contributed by atoms with van der Waals surface area (Å²) in [6.07, 6.45) is 1.50. The van der Waals surface area contributed by atoms with Gasteiger partial charge in [0.25, 0.3) is 5.78 Å². The summed E-state index contributed by atoms with van der Waals surface area (Å²) < 4.78 is 6.82. The lowest BCUT2D eigenvalue weighted by atomic mass is 10.3. The molecule has 0 spiro atoms. The maximum absolute atomic E-state index is 5.11. The standard InChI is InChI=1S/C12H17N5O/c1-9(2)6-16(3)11-5-10(7-18-4)15-12-13-8-14-17(11)12/h5,8H,1,6-7H2,2-4H3. The summed E-state index contributed by atoms with van der Waals surface area (Å²) in [5.74, 6) is 1.50. The highest BCUT2D eigenvalue weighted by Gasteiger charge is 2.11. The Bertz CT molecular complexity index is 563. The van der Waals surface area contributed by atoms with Crippen molar-refractivity contribution in [2.45, 2.75) is 13.5 Å². The van der Waals surface area contributed by atoms with Crippen molar-refractivity contribution >= 4 is 11.6 Å². The van der Waals surface area contributed by atoms with Crippen molar-refractivity contribution in [1.82, 2.24) is 19.6 Å². The summed E-state index contributed by atoms with van der Waals surface area (Å²) in [5.41, 5.74) is 1.91. The first kappa shape index (κ1) is 12.5. The van der Waals surface area contributed by atoms with Gasteiger partial charge in [-0.3, -0.25) is 0 Å². The van der Waals surface area contributed by atoms with E-state index in [4.69, 9.17) is 4.74 Å². The molecule has 0 aromatic carbocycles. The van der Waals surface area contributed by atoms with Crippen molar-refractivity contribution in [2.24, 2.45) is 0 Å². The molecule has 2 heterocycles. The molecule has 0 aliphatic rings. The average molecular weight is 247 g/mol. The van der Waals surface area contributed by atoms with Crippen LogP contribution in [0.5, 0.6) is 0 Å². The third-order valence-corrected chi connectivity index (χ3v) is 2.48. The Morgan fingerprint density at radius 2 is 2.33 bits per heavy atom. The van der Waals surface area contributed by atoms with E-state index in [0.717, 1.165) is 23.6 Å². The molecular formula is C12H17N5O. The maximum Gasteiger partial charge on any atom is 0.254 e. The molecule has 0 unspecified atom stereocenters. The van der Waals surface area contributed by atoms with E-state index in [-0.39, 0.29) is 0 Å². The lowest BCUT2D eigenvalue weighted by Gasteiger charge is -2.20. The van der Waals surface area contributed by atoms with E-state index in [1.807, 2.05) is 20.0 Å². The van der Waals surface area contributed by atoms with Crippen molar-refractivity contribution in [3.63, 3.8) is 0 Å². The van der Waals surface area contributed by atoms with Crippen LogP contribution in [0.2, 0.25) is 0 Å². The van der Waals surface area contributed by atoms with Crippen LogP contribution in [0.4, 0.5) is 5.82 Å². The Labute approximate surface area is 106 Å². The summed E-state index contributed by atoms with van der Waals surface area (Å²) in [7, 11) is 3.63. The number of rotatable bonds is 5. The molecule has 2 rings (SSSR count). The first-order valence-corrected chi connectivity index (χ1v) is 5.66. The van der Waals surface area contributed by atoms with Crippen LogP contribution in [0.15, 0.2) is 24.5 Å². The van der Waals surface area contributed by atoms with Crippen LogP contribution in [0, 0.1) is 0 Å². The van der Waals surface area contributed by atoms with E-state index >= 15 is 0 Å². The van der Waals surface area contributed by atoms with E-state index < -0.39 is 0 Å². The van der Waals surface area contributed by atoms with Gasteiger partial charge in [0, 0.05) is 26.8 Å². The number of anilines is 1. The van der Waals surface area contributed by atoms with Crippen LogP contribution in [-0.2, 0) is 11.3 Å². The van der Waals surface area contributed by atoms with Crippen LogP contribution >= 0.6 is 0 Å². The van der Waals surface area contributed by atoms with Gasteiger partial charge in [-0.1, -0.05) is 12.2 Å². The van der Waals surface area contributed by atoms with Gasteiger partial charge in [-0.25, -0.2) is 4.98 Å². The van der Waals surface area contributed by atoms with Gasteiger partial charge in [0.2, 0.25) is 0 Å². The highest BCUT2D eigenvalue weighted by molar-refractivity contribution is 5.47. The van der Waals surface area contributed by atoms with Crippen LogP contribution in [0.3, 0.4) is 0 Å². The Morgan fingerprint density at radius 3 is 3.00 bits per heavy atom. The number of hydrogen-bond acceptors (Lipinski definition) is 5. The van der Waals surface area contributed by atoms with E-state index in [1.54, 1.807) is 11.6 Å². The SMILES string of the molecule is C=C(C)CN(C)c1cc(COC)nc2ncnn12. The highest BCUT2D eigenvalue weighted by atomic mass is 16.5. The second kappa shape index (κ2) is 5.14. The fraction of sp³-hybridized carbons (Fsp3) is 0.417. The Balaban J connectivity index is 2.45. The molecule has 6 nitrogen and oxygen atoms in total. The van der Waals surface area contributed by atoms with Gasteiger partial charge in [-0.15, -0.1) is 0 Å². The van der Waals surface area contributed by atoms with Crippen molar-refractivity contribution in [1.29, 1.82) is 0 Å². The van der Waals surface area contributed by atoms with Gasteiger partial charge in [-0.2, -0.15) is 14.6 Å². The van der Waals surface area contributed by atoms with Gasteiger partial charge in [0.05, 0.1) is 12.3 Å². The third kappa shape index (κ3) is 2.48. The minimum atomic E-state index is 0.456. The molecule has 0 saturated heterocycles. The largest absolute Gasteiger partial charge is 0.378 e. The quantitative estimate of drug-likeness (QED) is 0.745. The van der Waals surface area contributed by atoms with E-state index in [0.29, 0.717) is 12.4 Å². The van der Waals surface area contributed by atoms with Crippen LogP contribution in [-0.4, -0.2) is 40.3 Å². The zero-order chi connectivity index (χ0) is 13.1. The minimum absolute atomic E-state index is 0.456. The Hall–Kier alpha value is -1.95. The normalized spacial score (nSPS) is 10.8. The summed E-state index contributed by atoms with van der Waals surface area (Å²) in [5, 5.41) is 4.18. The predicted octanol–water partition coefficient (Wildman–Crippen LogP) is 1.28. The fourth-order valence-electron chi connectivity index (χ4n) is 1.82. The molecule has 0 atom stereocenters. The molecule has 0 radical (unpaired) electrons. The van der Waals surface area contributed by atoms with Gasteiger partial charge in [0.15, 0.2) is 0 Å². The molecule has 0 amide bonds. The molecule has 0 N–H and O–H groups in total. The summed E-state index contributed by atoms with van der Waals surface area (Å²) >= 11 is 0. The van der Waals surface area contributed by atoms with E-state index in [9.17, 15) is 0 Å². The molecule has 2 aromatic heterocycles. The smallest absolute Gasteiger partial charge is 0.254 e. The molecule has 18 heavy (non-hydrogen) atoms. The van der Waals surface area contributed by atoms with Crippen molar-refractivity contribution in [3.05, 3.63) is 30.2 Å². The predicted molar refractivity (Wildman–Crippen MR) is 69.6 cm³/mol. The monoisotopic (exact) mass is 247 g/mol. The first-order chi connectivity index (χ1) is 8.61. The maximum atomic E-state index is 5.11. The number of likely N-dealkylation sites (N-methyl/N-ethyl adjacent to an activating group) is 1. The molecule has 96 valence electrons. The molecule has 0 aliphatic heterocycles. The van der Waals surface area contributed by atoms with Crippen molar-refractivity contribution < 1.29 is 4.74 Å². The average Bonchev–Trinajstić information content (AvgIpc) is 2.75. The highest BCUT2D eigenvalue weighted by Crippen LogP contribution is 2.16. The van der Waals surface area contributed by atoms with Crippen molar-refractivity contribution in [2.75, 3.05) is 25.6 Å². The molecule has 0 fully saturated rings. The molecule has 0 saturated carbocycles. The van der Waals surface area contributed by atoms with Crippen LogP contribution in [0.25, 0.3) is 5.78 Å². The van der Waals surface area contributed by atoms with E-state index in [2.05, 4.69) is 26.5 Å². The summed E-state index contributed by atoms with van der Waals surface area (Å²) in [4.78, 5) is 10.5. The number of nitrogens with zero attached hydrogens (tertiary/aromatic N) is 5. The first-order valence-electron chi connectivity index (χ1n) is 5.66. The second-order valence-corrected chi connectivity index (χ2v) is 4.32. The lowest BCUT2D eigenvalue weighted by molar-refractivity contribution is 0.181. The second-order valence-electron chi connectivity index (χ2n) is 4.32. The number of aromatic nitrogens is 4. The molecule has 0 bridgehead atoms. The summed E-state index contributed by atoms with van der Waals surface area (Å²) in [6, 6.07) is 1.95. The number of ether oxygens (including phenoxy) is 1. The minimum Gasteiger partial charge on any atom is -0.378 e. The Morgan fingerprint density at radius 1 is 1.56 bits per heavy atom. The van der Waals surface area contributed by atoms with E-state index in [1.165, 1.54) is 6.33 Å². The fourth-order valence-corrected chi connectivity index (χ4v) is 1.82. The van der Waals surface area contributed by atoms with Crippen LogP contribution < -0.4 is 4.90 Å². The number of hydrogen-bond donors (Lipinski definition) is 0. The van der Waals surface area contributed by atoms with Crippen LogP contribution in [0.1, 0.15) is 12.6 Å². The topological polar surface area (TPSA) is 55.5 Å². The Kier molecular flexibility index (Phi) is 3.57. The van der Waals surface area contributed by atoms with Gasteiger partial charge in [-0.05, 0) is 6.92 Å². The zero-order valence-electron chi connectivity index (χ0n) is 10.9. The molecule has 6 heteroatoms. The van der Waals surface area contributed by atoms with Gasteiger partial charge < -0.3 is 9.64 Å². The zero-order valence-corrected chi connectivity index (χ0v) is 10.9. The van der Waals surface area contributed by atoms with Gasteiger partial charge >= 0.3 is 0 Å². The summed E-state index contributed by atoms with van der Waals surface area (Å²) in [6.45, 7) is 7.12. The van der Waals surface area contributed by atoms with Crippen molar-refractivity contribution in [3.8, 4) is 0 Å². The molecule has 2 aromatic rings. The molecular weight excluding hydrogens is 230 g/mol. The van der Waals surface area contributed by atoms with Gasteiger partial charge in [0.1, 0.15) is 12.1 Å².